The van der Waals surface area contributed by atoms with Crippen molar-refractivity contribution in [1.82, 2.24) is 5.32 Å². The van der Waals surface area contributed by atoms with Crippen LogP contribution in [0.25, 0.3) is 0 Å². The molecule has 3 rings (SSSR count). The molecule has 0 radical (unpaired) electrons. The third-order valence-corrected chi connectivity index (χ3v) is 6.19. The number of ether oxygens (including phenoxy) is 1. The first-order valence-corrected chi connectivity index (χ1v) is 11.1. The Morgan fingerprint density at radius 2 is 1.93 bits per heavy atom. The molecule has 0 fully saturated rings. The van der Waals surface area contributed by atoms with E-state index in [9.17, 15) is 13.2 Å². The fourth-order valence-electron chi connectivity index (χ4n) is 3.58. The van der Waals surface area contributed by atoms with E-state index in [0.717, 1.165) is 19.1 Å². The molecule has 1 amide bonds. The van der Waals surface area contributed by atoms with E-state index in [1.54, 1.807) is 24.3 Å². The summed E-state index contributed by atoms with van der Waals surface area (Å²) in [6, 6.07) is 13.0. The first-order chi connectivity index (χ1) is 13.3. The fraction of sp³-hybridized carbons (Fsp3) is 0.381. The predicted octanol–water partition coefficient (Wildman–Crippen LogP) is 2.82. The normalized spacial score (nSPS) is 15.9. The van der Waals surface area contributed by atoms with Crippen LogP contribution in [0.2, 0.25) is 0 Å². The number of sulfonamides is 1. The average Bonchev–Trinajstić information content (AvgIpc) is 3.03. The Morgan fingerprint density at radius 3 is 2.57 bits per heavy atom. The lowest BCUT2D eigenvalue weighted by Crippen LogP contribution is -2.33. The summed E-state index contributed by atoms with van der Waals surface area (Å²) in [4.78, 5) is 12.7. The van der Waals surface area contributed by atoms with Crippen LogP contribution >= 0.6 is 0 Å². The molecule has 0 aromatic heterocycles. The van der Waals surface area contributed by atoms with Crippen LogP contribution in [0.3, 0.4) is 0 Å². The molecule has 0 spiro atoms. The maximum Gasteiger partial charge on any atom is 0.251 e. The first-order valence-electron chi connectivity index (χ1n) is 9.26. The second-order valence-corrected chi connectivity index (χ2v) is 9.05. The molecule has 2 aromatic rings. The smallest absolute Gasteiger partial charge is 0.251 e. The van der Waals surface area contributed by atoms with Crippen molar-refractivity contribution in [3.63, 3.8) is 0 Å². The van der Waals surface area contributed by atoms with Crippen molar-refractivity contribution < 1.29 is 17.9 Å². The number of hydrogen-bond donors (Lipinski definition) is 1. The van der Waals surface area contributed by atoms with E-state index in [2.05, 4.69) is 30.4 Å². The number of carbonyl (C=O) groups is 1. The van der Waals surface area contributed by atoms with Gasteiger partial charge in [0.15, 0.2) is 0 Å². The molecule has 0 saturated carbocycles. The van der Waals surface area contributed by atoms with Crippen LogP contribution in [-0.2, 0) is 21.2 Å². The molecule has 2 aromatic carbocycles. The maximum absolute atomic E-state index is 12.7. The number of nitrogens with zero attached hydrogens (tertiary/aromatic N) is 1. The molecule has 0 heterocycles. The van der Waals surface area contributed by atoms with E-state index >= 15 is 0 Å². The summed E-state index contributed by atoms with van der Waals surface area (Å²) in [7, 11) is -1.90. The molecule has 0 bridgehead atoms. The number of amides is 1. The Balaban J connectivity index is 1.72. The molecule has 6 nitrogen and oxygen atoms in total. The van der Waals surface area contributed by atoms with Gasteiger partial charge in [0.25, 0.3) is 5.91 Å². The number of methoxy groups -OCH3 is 1. The van der Waals surface area contributed by atoms with Crippen molar-refractivity contribution >= 4 is 21.6 Å². The van der Waals surface area contributed by atoms with E-state index in [1.807, 2.05) is 0 Å². The second-order valence-electron chi connectivity index (χ2n) is 7.14. The van der Waals surface area contributed by atoms with Gasteiger partial charge in [-0.05, 0) is 55.2 Å². The van der Waals surface area contributed by atoms with Gasteiger partial charge in [0.1, 0.15) is 0 Å². The number of anilines is 1. The summed E-state index contributed by atoms with van der Waals surface area (Å²) in [5.41, 5.74) is 4.72. The lowest BCUT2D eigenvalue weighted by molar-refractivity contribution is 0.0936. The molecule has 28 heavy (non-hydrogen) atoms. The third kappa shape index (κ3) is 4.54. The highest BCUT2D eigenvalue weighted by Gasteiger charge is 2.24. The summed E-state index contributed by atoms with van der Waals surface area (Å²) in [5.74, 6) is -0.159. The lowest BCUT2D eigenvalue weighted by Gasteiger charge is -2.22. The van der Waals surface area contributed by atoms with Crippen molar-refractivity contribution in [2.24, 2.45) is 0 Å². The Hall–Kier alpha value is -2.38. The molecule has 1 aliphatic carbocycles. The Bertz CT molecular complexity index is 955. The predicted molar refractivity (Wildman–Crippen MR) is 110 cm³/mol. The number of aryl methyl sites for hydroxylation is 2. The minimum absolute atomic E-state index is 0.0111. The average molecular weight is 403 g/mol. The SMILES string of the molecule is COCCN(c1ccc(C(=O)N[C@@H]2CCc3cc(C)ccc32)cc1)S(C)(=O)=O. The Morgan fingerprint density at radius 1 is 1.21 bits per heavy atom. The number of nitrogens with one attached hydrogen (secondary N) is 1. The van der Waals surface area contributed by atoms with E-state index < -0.39 is 10.0 Å². The van der Waals surface area contributed by atoms with Crippen molar-refractivity contribution in [3.8, 4) is 0 Å². The van der Waals surface area contributed by atoms with Gasteiger partial charge in [0.05, 0.1) is 31.1 Å². The van der Waals surface area contributed by atoms with Crippen LogP contribution in [0.15, 0.2) is 42.5 Å². The van der Waals surface area contributed by atoms with Crippen molar-refractivity contribution in [2.75, 3.05) is 30.8 Å². The number of rotatable bonds is 7. The maximum atomic E-state index is 12.7. The zero-order valence-electron chi connectivity index (χ0n) is 16.4. The van der Waals surface area contributed by atoms with Crippen LogP contribution in [0.5, 0.6) is 0 Å². The van der Waals surface area contributed by atoms with Gasteiger partial charge in [-0.3, -0.25) is 9.10 Å². The van der Waals surface area contributed by atoms with Crippen LogP contribution in [0.1, 0.15) is 39.5 Å². The summed E-state index contributed by atoms with van der Waals surface area (Å²) >= 11 is 0. The van der Waals surface area contributed by atoms with Gasteiger partial charge >= 0.3 is 0 Å². The van der Waals surface area contributed by atoms with Gasteiger partial charge in [-0.15, -0.1) is 0 Å². The molecular formula is C21H26N2O4S. The van der Waals surface area contributed by atoms with Crippen molar-refractivity contribution in [1.29, 1.82) is 0 Å². The van der Waals surface area contributed by atoms with E-state index in [0.29, 0.717) is 11.3 Å². The van der Waals surface area contributed by atoms with Crippen LogP contribution in [-0.4, -0.2) is 40.8 Å². The van der Waals surface area contributed by atoms with Gasteiger partial charge in [-0.25, -0.2) is 8.42 Å². The summed E-state index contributed by atoms with van der Waals surface area (Å²) in [5, 5.41) is 3.09. The zero-order chi connectivity index (χ0) is 20.3. The molecule has 0 aliphatic heterocycles. The largest absolute Gasteiger partial charge is 0.383 e. The highest BCUT2D eigenvalue weighted by Crippen LogP contribution is 2.32. The molecule has 7 heteroatoms. The molecule has 150 valence electrons. The van der Waals surface area contributed by atoms with Crippen LogP contribution in [0, 0.1) is 6.92 Å². The monoisotopic (exact) mass is 402 g/mol. The summed E-state index contributed by atoms with van der Waals surface area (Å²) in [6.07, 6.45) is 3.01. The van der Waals surface area contributed by atoms with Crippen molar-refractivity contribution in [3.05, 3.63) is 64.7 Å². The standard InChI is InChI=1S/C21H26N2O4S/c1-15-4-10-19-17(14-15)7-11-20(19)22-21(24)16-5-8-18(9-6-16)23(12-13-27-2)28(3,25)26/h4-6,8-10,14,20H,7,11-13H2,1-3H3,(H,22,24)/t20-/m1/s1. The van der Waals surface area contributed by atoms with Crippen molar-refractivity contribution in [2.45, 2.75) is 25.8 Å². The molecule has 1 atom stereocenters. The highest BCUT2D eigenvalue weighted by atomic mass is 32.2. The van der Waals surface area contributed by atoms with Crippen LogP contribution < -0.4 is 9.62 Å². The van der Waals surface area contributed by atoms with Gasteiger partial charge in [0.2, 0.25) is 10.0 Å². The molecule has 1 aliphatic rings. The number of benzene rings is 2. The molecule has 0 unspecified atom stereocenters. The van der Waals surface area contributed by atoms with Gasteiger partial charge in [-0.2, -0.15) is 0 Å². The van der Waals surface area contributed by atoms with E-state index in [-0.39, 0.29) is 25.1 Å². The highest BCUT2D eigenvalue weighted by molar-refractivity contribution is 7.92. The number of hydrogen-bond acceptors (Lipinski definition) is 4. The zero-order valence-corrected chi connectivity index (χ0v) is 17.3. The minimum atomic E-state index is -3.43. The lowest BCUT2D eigenvalue weighted by atomic mass is 10.1. The molecule has 0 saturated heterocycles. The van der Waals surface area contributed by atoms with Crippen LogP contribution in [0.4, 0.5) is 5.69 Å². The van der Waals surface area contributed by atoms with E-state index in [4.69, 9.17) is 4.74 Å². The summed E-state index contributed by atoms with van der Waals surface area (Å²) < 4.78 is 30.3. The van der Waals surface area contributed by atoms with E-state index in [1.165, 1.54) is 28.1 Å². The molecule has 1 N–H and O–H groups in total. The quantitative estimate of drug-likeness (QED) is 0.773. The second kappa shape index (κ2) is 8.32. The Labute approximate surface area is 166 Å². The van der Waals surface area contributed by atoms with Gasteiger partial charge in [0, 0.05) is 12.7 Å². The number of carbonyl (C=O) groups excluding carboxylic acids is 1. The van der Waals surface area contributed by atoms with Gasteiger partial charge in [-0.1, -0.05) is 23.8 Å². The minimum Gasteiger partial charge on any atom is -0.383 e. The first kappa shape index (κ1) is 20.4. The fourth-order valence-corrected chi connectivity index (χ4v) is 4.49. The third-order valence-electron chi connectivity index (χ3n) is 5.00. The van der Waals surface area contributed by atoms with Gasteiger partial charge < -0.3 is 10.1 Å². The topological polar surface area (TPSA) is 75.7 Å². The summed E-state index contributed by atoms with van der Waals surface area (Å²) in [6.45, 7) is 2.58. The molecular weight excluding hydrogens is 376 g/mol. The number of fused-ring (bicyclic) bond motifs is 1. The Kier molecular flexibility index (Phi) is 6.05.